The van der Waals surface area contributed by atoms with E-state index in [1.807, 2.05) is 0 Å². The zero-order valence-corrected chi connectivity index (χ0v) is 2.45. The highest BCUT2D eigenvalue weighted by Crippen LogP contribution is 0.690. The molecule has 0 rings (SSSR count). The van der Waals surface area contributed by atoms with Crippen LogP contribution in [0.3, 0.4) is 0 Å². The predicted octanol–water partition coefficient (Wildman–Crippen LogP) is 0.879. The van der Waals surface area contributed by atoms with Gasteiger partial charge < -0.3 is 0 Å². The van der Waals surface area contributed by atoms with E-state index in [0.29, 0.717) is 0 Å². The van der Waals surface area contributed by atoms with Crippen LogP contribution in [0.5, 0.6) is 0 Å². The molecule has 0 radical (unpaired) electrons. The molecule has 0 fully saturated rings. The van der Waals surface area contributed by atoms with E-state index < -0.39 is 0 Å². The molecule has 0 aliphatic rings. The fourth-order valence-electron chi connectivity index (χ4n) is 0. The monoisotopic (exact) mass is 96.0 g/mol. The lowest BCUT2D eigenvalue weighted by molar-refractivity contribution is 1.11. The van der Waals surface area contributed by atoms with Crippen molar-refractivity contribution in [1.29, 1.82) is 0 Å². The number of hydrogen-bond donors (Lipinski definition) is 0. The summed E-state index contributed by atoms with van der Waals surface area (Å²) in [6, 6.07) is 0. The van der Waals surface area contributed by atoms with Crippen molar-refractivity contribution in [3.05, 3.63) is 0 Å². The van der Waals surface area contributed by atoms with Crippen molar-refractivity contribution in [3.63, 3.8) is 0 Å². The molecule has 0 spiro atoms. The van der Waals surface area contributed by atoms with Crippen LogP contribution < -0.4 is 0 Å². The summed E-state index contributed by atoms with van der Waals surface area (Å²) in [6.07, 6.45) is 0. The SMILES string of the molecule is Cl.F.F.F. The second-order valence-corrected chi connectivity index (χ2v) is 0. The van der Waals surface area contributed by atoms with Gasteiger partial charge in [-0.1, -0.05) is 0 Å². The Balaban J connectivity index is 0. The largest absolute Gasteiger partial charge is 0.269 e. The molecule has 4 heteroatoms. The Labute approximate surface area is 27.7 Å². The van der Waals surface area contributed by atoms with Gasteiger partial charge in [-0.2, -0.15) is 0 Å². The third-order valence-corrected chi connectivity index (χ3v) is 0. The highest BCUT2D eigenvalue weighted by atomic mass is 35.5. The Kier molecular flexibility index (Phi) is 3150000. The third-order valence-electron chi connectivity index (χ3n) is 0. The van der Waals surface area contributed by atoms with Crippen LogP contribution in [0.25, 0.3) is 0 Å². The summed E-state index contributed by atoms with van der Waals surface area (Å²) in [5.41, 5.74) is 0. The molecule has 32 valence electrons. The van der Waals surface area contributed by atoms with Gasteiger partial charge in [-0.3, -0.25) is 14.1 Å². The van der Waals surface area contributed by atoms with Gasteiger partial charge >= 0.3 is 0 Å². The molecule has 0 unspecified atom stereocenters. The second kappa shape index (κ2) is 2080. The van der Waals surface area contributed by atoms with Gasteiger partial charge in [0.1, 0.15) is 0 Å². The normalized spacial score (nSPS) is 0. The molecule has 0 bridgehead atoms. The van der Waals surface area contributed by atoms with Crippen LogP contribution in [0, 0.1) is 0 Å². The van der Waals surface area contributed by atoms with Gasteiger partial charge in [-0.05, 0) is 0 Å². The Morgan fingerprint density at radius 1 is 0.500 bits per heavy atom. The first-order chi connectivity index (χ1) is 0. The molecule has 0 aromatic rings. The van der Waals surface area contributed by atoms with Crippen molar-refractivity contribution >= 4 is 12.4 Å². The standard InChI is InChI=1S/ClH.3FH/h4*1H. The molecular weight excluding hydrogens is 92.4 g/mol. The zero-order chi connectivity index (χ0) is 0. The smallest absolute Gasteiger partial charge is 0.147 e. The van der Waals surface area contributed by atoms with E-state index in [9.17, 15) is 0 Å². The number of hydrogen-bond acceptors (Lipinski definition) is 0. The van der Waals surface area contributed by atoms with E-state index in [1.165, 1.54) is 0 Å². The van der Waals surface area contributed by atoms with E-state index in [1.54, 1.807) is 0 Å². The molecule has 0 aromatic heterocycles. The second-order valence-electron chi connectivity index (χ2n) is 0. The van der Waals surface area contributed by atoms with Gasteiger partial charge in [-0.15, -0.1) is 12.4 Å². The summed E-state index contributed by atoms with van der Waals surface area (Å²) in [5.74, 6) is 0. The Morgan fingerprint density at radius 2 is 0.500 bits per heavy atom. The third kappa shape index (κ3) is 379. The minimum Gasteiger partial charge on any atom is -0.269 e. The molecule has 0 saturated heterocycles. The summed E-state index contributed by atoms with van der Waals surface area (Å²) < 4.78 is 0. The van der Waals surface area contributed by atoms with Gasteiger partial charge in [0.05, 0.1) is 0 Å². The summed E-state index contributed by atoms with van der Waals surface area (Å²) >= 11 is 0. The minimum atomic E-state index is 0. The molecule has 0 aliphatic heterocycles. The van der Waals surface area contributed by atoms with Crippen LogP contribution in [0.15, 0.2) is 0 Å². The highest BCUT2D eigenvalue weighted by Gasteiger charge is -0.147. The summed E-state index contributed by atoms with van der Waals surface area (Å²) in [4.78, 5) is 0. The van der Waals surface area contributed by atoms with Crippen LogP contribution in [0.2, 0.25) is 0 Å². The quantitative estimate of drug-likeness (QED) is 0.420. The average Bonchev–Trinajstić information content (AvgIpc) is 0. The van der Waals surface area contributed by atoms with E-state index in [2.05, 4.69) is 0 Å². The van der Waals surface area contributed by atoms with Crippen LogP contribution in [-0.2, 0) is 0 Å². The lowest BCUT2D eigenvalue weighted by Crippen LogP contribution is 0.419. The van der Waals surface area contributed by atoms with Crippen LogP contribution in [-0.4, -0.2) is 0 Å². The van der Waals surface area contributed by atoms with Gasteiger partial charge in [0.25, 0.3) is 0 Å². The molecule has 4 heavy (non-hydrogen) atoms. The summed E-state index contributed by atoms with van der Waals surface area (Å²) in [6.45, 7) is 0. The van der Waals surface area contributed by atoms with Crippen LogP contribution in [0.4, 0.5) is 14.1 Å². The maximum absolute atomic E-state index is 0. The van der Waals surface area contributed by atoms with E-state index in [-0.39, 0.29) is 26.5 Å². The molecule has 0 nitrogen and oxygen atoms in total. The van der Waals surface area contributed by atoms with Crippen molar-refractivity contribution in [2.24, 2.45) is 0 Å². The first-order valence-electron chi connectivity index (χ1n) is 0. The predicted molar refractivity (Wildman–Crippen MR) is 14.8 cm³/mol. The van der Waals surface area contributed by atoms with E-state index >= 15 is 0 Å². The van der Waals surface area contributed by atoms with Crippen LogP contribution in [0.1, 0.15) is 0 Å². The first kappa shape index (κ1) is 6050. The Morgan fingerprint density at radius 3 is 0.500 bits per heavy atom. The number of rotatable bonds is 0. The maximum atomic E-state index is 0. The van der Waals surface area contributed by atoms with Gasteiger partial charge in [0.2, 0.25) is 0 Å². The topological polar surface area (TPSA) is 0 Å². The van der Waals surface area contributed by atoms with E-state index in [4.69, 9.17) is 0 Å². The molecule has 0 heterocycles. The van der Waals surface area contributed by atoms with Gasteiger partial charge in [0.15, 0.2) is 0 Å². The average molecular weight is 96.5 g/mol. The lowest BCUT2D eigenvalue weighted by atomic mass is 19.0. The van der Waals surface area contributed by atoms with E-state index in [0.717, 1.165) is 0 Å². The summed E-state index contributed by atoms with van der Waals surface area (Å²) in [5, 5.41) is 0. The fraction of sp³-hybridized carbons (Fsp3) is 0. The van der Waals surface area contributed by atoms with Crippen molar-refractivity contribution in [2.75, 3.05) is 0 Å². The summed E-state index contributed by atoms with van der Waals surface area (Å²) in [7, 11) is 0. The molecule has 0 aromatic carbocycles. The molecular formula is H4ClF3. The molecule has 0 saturated carbocycles. The van der Waals surface area contributed by atoms with Crippen molar-refractivity contribution in [2.45, 2.75) is 0 Å². The Bertz CT molecular complexity index is 3.25. The number of halogens is 4. The molecule has 0 aliphatic carbocycles. The van der Waals surface area contributed by atoms with Gasteiger partial charge in [-0.25, -0.2) is 0 Å². The molecule has 0 N–H and O–H groups in total. The zero-order valence-electron chi connectivity index (χ0n) is 1.63. The maximum Gasteiger partial charge on any atom is -0.147 e. The van der Waals surface area contributed by atoms with Crippen molar-refractivity contribution in [1.82, 2.24) is 0 Å². The lowest BCUT2D eigenvalue weighted by Gasteiger charge is -0.270. The fourth-order valence-corrected chi connectivity index (χ4v) is 0. The first-order valence-corrected chi connectivity index (χ1v) is 0. The minimum absolute atomic E-state index is 0. The molecule has 0 atom stereocenters. The van der Waals surface area contributed by atoms with Gasteiger partial charge in [0, 0.05) is 0 Å². The van der Waals surface area contributed by atoms with Crippen molar-refractivity contribution < 1.29 is 14.1 Å². The molecule has 0 amide bonds. The van der Waals surface area contributed by atoms with Crippen LogP contribution >= 0.6 is 12.4 Å². The Hall–Kier alpha value is 0.0800. The highest BCUT2D eigenvalue weighted by molar-refractivity contribution is 5.85. The van der Waals surface area contributed by atoms with Crippen molar-refractivity contribution in [3.8, 4) is 0 Å².